The fraction of sp³-hybridized carbons (Fsp3) is 0.600. The van der Waals surface area contributed by atoms with Gasteiger partial charge < -0.3 is 10.2 Å². The molecule has 2 heterocycles. The van der Waals surface area contributed by atoms with Gasteiger partial charge in [0.1, 0.15) is 0 Å². The summed E-state index contributed by atoms with van der Waals surface area (Å²) in [5.41, 5.74) is 0. The molecule has 1 aromatic rings. The van der Waals surface area contributed by atoms with Crippen molar-refractivity contribution in [1.82, 2.24) is 10.2 Å². The van der Waals surface area contributed by atoms with E-state index >= 15 is 0 Å². The number of hydrogen-bond acceptors (Lipinski definition) is 4. The lowest BCUT2D eigenvalue weighted by atomic mass is 9.94. The highest BCUT2D eigenvalue weighted by molar-refractivity contribution is 7.91. The van der Waals surface area contributed by atoms with Crippen LogP contribution in [0.3, 0.4) is 0 Å². The van der Waals surface area contributed by atoms with Gasteiger partial charge in [0, 0.05) is 30.7 Å². The van der Waals surface area contributed by atoms with Gasteiger partial charge in [-0.15, -0.1) is 0 Å². The molecule has 0 spiro atoms. The van der Waals surface area contributed by atoms with Crippen molar-refractivity contribution in [1.29, 1.82) is 0 Å². The Kier molecular flexibility index (Phi) is 4.54. The van der Waals surface area contributed by atoms with Crippen LogP contribution in [0.15, 0.2) is 29.2 Å². The second-order valence-corrected chi connectivity index (χ2v) is 8.54. The molecule has 2 aliphatic rings. The summed E-state index contributed by atoms with van der Waals surface area (Å²) in [6.45, 7) is 3.70. The van der Waals surface area contributed by atoms with Crippen LogP contribution in [0.25, 0.3) is 0 Å². The minimum Gasteiger partial charge on any atom is -0.312 e. The molecule has 2 fully saturated rings. The van der Waals surface area contributed by atoms with Gasteiger partial charge in [-0.25, -0.2) is 8.42 Å². The van der Waals surface area contributed by atoms with E-state index < -0.39 is 9.84 Å². The predicted molar refractivity (Wildman–Crippen MR) is 84.5 cm³/mol. The maximum Gasteiger partial charge on any atom is 0.179 e. The average molecular weight is 329 g/mol. The van der Waals surface area contributed by atoms with Crippen molar-refractivity contribution < 1.29 is 8.42 Å². The molecule has 0 bridgehead atoms. The Balaban J connectivity index is 1.58. The Morgan fingerprint density at radius 1 is 1.24 bits per heavy atom. The third-order valence-corrected chi connectivity index (χ3v) is 6.49. The molecule has 2 aliphatic heterocycles. The lowest BCUT2D eigenvalue weighted by Gasteiger charge is -2.24. The molecule has 2 atom stereocenters. The number of rotatable bonds is 4. The van der Waals surface area contributed by atoms with Crippen molar-refractivity contribution in [2.75, 3.05) is 31.9 Å². The minimum atomic E-state index is -3.22. The first-order valence-electron chi connectivity index (χ1n) is 7.49. The third kappa shape index (κ3) is 3.59. The fourth-order valence-corrected chi connectivity index (χ4v) is 4.74. The Bertz CT molecular complexity index is 574. The second-order valence-electron chi connectivity index (χ2n) is 6.00. The van der Waals surface area contributed by atoms with E-state index in [0.717, 1.165) is 19.6 Å². The van der Waals surface area contributed by atoms with Gasteiger partial charge in [0.25, 0.3) is 0 Å². The van der Waals surface area contributed by atoms with Gasteiger partial charge in [-0.3, -0.25) is 0 Å². The Morgan fingerprint density at radius 2 is 2.00 bits per heavy atom. The second kappa shape index (κ2) is 6.24. The lowest BCUT2D eigenvalue weighted by molar-refractivity contribution is 0.331. The van der Waals surface area contributed by atoms with Crippen LogP contribution in [0.2, 0.25) is 5.02 Å². The zero-order valence-corrected chi connectivity index (χ0v) is 13.5. The van der Waals surface area contributed by atoms with Crippen LogP contribution >= 0.6 is 11.6 Å². The molecular weight excluding hydrogens is 308 g/mol. The smallest absolute Gasteiger partial charge is 0.179 e. The van der Waals surface area contributed by atoms with Crippen molar-refractivity contribution in [3.63, 3.8) is 0 Å². The number of sulfone groups is 1. The van der Waals surface area contributed by atoms with Crippen LogP contribution in [-0.4, -0.2) is 51.3 Å². The van der Waals surface area contributed by atoms with E-state index in [2.05, 4.69) is 10.2 Å². The highest BCUT2D eigenvalue weighted by atomic mass is 35.5. The molecule has 0 saturated carbocycles. The standard InChI is InChI=1S/C15H21ClN2O2S/c16-13-3-5-14(6-4-13)21(19,20)9-8-18-10-12-2-1-7-17-15(12)11-18/h3-6,12,15,17H,1-2,7-11H2. The highest BCUT2D eigenvalue weighted by Crippen LogP contribution is 2.25. The first-order valence-corrected chi connectivity index (χ1v) is 9.52. The lowest BCUT2D eigenvalue weighted by Crippen LogP contribution is -2.40. The summed E-state index contributed by atoms with van der Waals surface area (Å²) < 4.78 is 24.7. The van der Waals surface area contributed by atoms with Crippen LogP contribution in [0.1, 0.15) is 12.8 Å². The molecule has 21 heavy (non-hydrogen) atoms. The SMILES string of the molecule is O=S(=O)(CCN1CC2CCCNC2C1)c1ccc(Cl)cc1. The van der Waals surface area contributed by atoms with Crippen molar-refractivity contribution in [2.45, 2.75) is 23.8 Å². The van der Waals surface area contributed by atoms with Crippen LogP contribution < -0.4 is 5.32 Å². The Hall–Kier alpha value is -0.620. The molecule has 2 saturated heterocycles. The monoisotopic (exact) mass is 328 g/mol. The molecule has 1 N–H and O–H groups in total. The van der Waals surface area contributed by atoms with E-state index in [0.29, 0.717) is 28.4 Å². The van der Waals surface area contributed by atoms with Gasteiger partial charge in [0.2, 0.25) is 0 Å². The molecule has 0 amide bonds. The number of halogens is 1. The molecule has 0 radical (unpaired) electrons. The number of nitrogens with one attached hydrogen (secondary N) is 1. The van der Waals surface area contributed by atoms with Gasteiger partial charge in [0.05, 0.1) is 10.6 Å². The van der Waals surface area contributed by atoms with Gasteiger partial charge in [-0.1, -0.05) is 11.6 Å². The zero-order valence-electron chi connectivity index (χ0n) is 12.0. The van der Waals surface area contributed by atoms with E-state index in [1.54, 1.807) is 24.3 Å². The van der Waals surface area contributed by atoms with Crippen molar-refractivity contribution >= 4 is 21.4 Å². The minimum absolute atomic E-state index is 0.175. The van der Waals surface area contributed by atoms with Crippen molar-refractivity contribution in [3.8, 4) is 0 Å². The number of fused-ring (bicyclic) bond motifs is 1. The van der Waals surface area contributed by atoms with Crippen molar-refractivity contribution in [3.05, 3.63) is 29.3 Å². The summed E-state index contributed by atoms with van der Waals surface area (Å²) in [7, 11) is -3.22. The largest absolute Gasteiger partial charge is 0.312 e. The molecule has 3 rings (SSSR count). The van der Waals surface area contributed by atoms with Crippen LogP contribution in [0.5, 0.6) is 0 Å². The quantitative estimate of drug-likeness (QED) is 0.915. The summed E-state index contributed by atoms with van der Waals surface area (Å²) in [6.07, 6.45) is 2.50. The average Bonchev–Trinajstić information content (AvgIpc) is 2.89. The number of benzene rings is 1. The van der Waals surface area contributed by atoms with Crippen LogP contribution in [-0.2, 0) is 9.84 Å². The topological polar surface area (TPSA) is 49.4 Å². The predicted octanol–water partition coefficient (Wildman–Crippen LogP) is 1.80. The van der Waals surface area contributed by atoms with E-state index in [1.807, 2.05) is 0 Å². The number of nitrogens with zero attached hydrogens (tertiary/aromatic N) is 1. The molecule has 116 valence electrons. The Labute approximate surface area is 131 Å². The highest BCUT2D eigenvalue weighted by Gasteiger charge is 2.34. The van der Waals surface area contributed by atoms with E-state index in [1.165, 1.54) is 12.8 Å². The number of hydrogen-bond donors (Lipinski definition) is 1. The van der Waals surface area contributed by atoms with Crippen LogP contribution in [0.4, 0.5) is 0 Å². The van der Waals surface area contributed by atoms with E-state index in [4.69, 9.17) is 11.6 Å². The third-order valence-electron chi connectivity index (χ3n) is 4.52. The summed E-state index contributed by atoms with van der Waals surface area (Å²) in [5.74, 6) is 0.866. The van der Waals surface area contributed by atoms with Gasteiger partial charge >= 0.3 is 0 Å². The zero-order chi connectivity index (χ0) is 14.9. The molecule has 2 unspecified atom stereocenters. The number of likely N-dealkylation sites (tertiary alicyclic amines) is 1. The molecule has 6 heteroatoms. The summed E-state index contributed by atoms with van der Waals surface area (Å²) >= 11 is 5.80. The molecule has 0 aromatic heterocycles. The van der Waals surface area contributed by atoms with Crippen molar-refractivity contribution in [2.24, 2.45) is 5.92 Å². The van der Waals surface area contributed by atoms with Gasteiger partial charge in [-0.05, 0) is 49.6 Å². The maximum absolute atomic E-state index is 12.3. The first kappa shape index (κ1) is 15.3. The number of piperidine rings is 1. The maximum atomic E-state index is 12.3. The Morgan fingerprint density at radius 3 is 2.71 bits per heavy atom. The summed E-state index contributed by atoms with van der Waals surface area (Å²) in [6, 6.07) is 6.98. The molecule has 0 aliphatic carbocycles. The normalized spacial score (nSPS) is 26.7. The molecule has 1 aromatic carbocycles. The fourth-order valence-electron chi connectivity index (χ4n) is 3.33. The van der Waals surface area contributed by atoms with Crippen LogP contribution in [0, 0.1) is 5.92 Å². The summed E-state index contributed by atoms with van der Waals surface area (Å²) in [4.78, 5) is 2.64. The van der Waals surface area contributed by atoms with Gasteiger partial charge in [-0.2, -0.15) is 0 Å². The summed E-state index contributed by atoms with van der Waals surface area (Å²) in [5, 5.41) is 4.10. The van der Waals surface area contributed by atoms with Gasteiger partial charge in [0.15, 0.2) is 9.84 Å². The van der Waals surface area contributed by atoms with E-state index in [-0.39, 0.29) is 5.75 Å². The molecular formula is C15H21ClN2O2S. The molecule has 4 nitrogen and oxygen atoms in total. The first-order chi connectivity index (χ1) is 10.0. The van der Waals surface area contributed by atoms with E-state index in [9.17, 15) is 8.42 Å².